The second-order valence-corrected chi connectivity index (χ2v) is 25.7. The lowest BCUT2D eigenvalue weighted by Gasteiger charge is -2.57. The smallest absolute Gasteiger partial charge is 0.449 e. The lowest BCUT2D eigenvalue weighted by molar-refractivity contribution is -0.557. The van der Waals surface area contributed by atoms with Crippen LogP contribution in [0.4, 0.5) is 39.5 Å². The molecule has 3 unspecified atom stereocenters. The van der Waals surface area contributed by atoms with Gasteiger partial charge in [0.25, 0.3) is 0 Å². The first-order chi connectivity index (χ1) is 33.7. The van der Waals surface area contributed by atoms with Crippen LogP contribution in [0.2, 0.25) is 0 Å². The van der Waals surface area contributed by atoms with Gasteiger partial charge in [0.2, 0.25) is 53.5 Å². The van der Waals surface area contributed by atoms with E-state index in [9.17, 15) is 39.5 Å². The molecule has 0 N–H and O–H groups in total. The first-order valence-electron chi connectivity index (χ1n) is 25.1. The molecule has 12 fully saturated rings. The highest BCUT2D eigenvalue weighted by molar-refractivity contribution is 9.09. The molecule has 406 valence electrons. The Labute approximate surface area is 427 Å². The van der Waals surface area contributed by atoms with Crippen molar-refractivity contribution < 1.29 is 97.3 Å². The number of hydrogen-bond donors (Lipinski definition) is 0. The molecule has 24 heteroatoms. The highest BCUT2D eigenvalue weighted by atomic mass is 79.9. The lowest BCUT2D eigenvalue weighted by atomic mass is 9.59. The van der Waals surface area contributed by atoms with Crippen LogP contribution in [-0.2, 0) is 57.7 Å². The van der Waals surface area contributed by atoms with Crippen molar-refractivity contribution in [1.29, 1.82) is 0 Å². The van der Waals surface area contributed by atoms with E-state index < -0.39 is 107 Å². The third kappa shape index (κ3) is 8.17. The maximum Gasteiger partial charge on any atom is 0.449 e. The molecule has 0 aromatic rings. The SMILES string of the molecule is C[C@@H]1CC[C@H]2C(CBr)=C(C(F)(F)F)O[C@@H]3O[C@]4(C)CCC1[C@]32OO4.C[C@@H]1CC[C@H]2C(CSSCC3=C(C(F)(F)F)O[C@@H]4O[C@]5(C)CCC6[C@H](C)CC[C@@H]3[C@]64OO5)=C(C(F)(F)F)O[C@@H]3O[C@]4(C)CCC1[C@]32OO4. The summed E-state index contributed by atoms with van der Waals surface area (Å²) in [6.45, 7) is 11.2. The van der Waals surface area contributed by atoms with Gasteiger partial charge in [0.05, 0.1) is 0 Å². The third-order valence-corrected chi connectivity index (χ3v) is 21.2. The lowest BCUT2D eigenvalue weighted by Crippen LogP contribution is -2.67. The summed E-state index contributed by atoms with van der Waals surface area (Å²) in [5.41, 5.74) is -3.30. The van der Waals surface area contributed by atoms with Crippen LogP contribution in [0, 0.1) is 53.3 Å². The van der Waals surface area contributed by atoms with Crippen molar-refractivity contribution in [3.05, 3.63) is 34.0 Å². The number of hydrogen-bond acceptors (Lipinski definition) is 14. The van der Waals surface area contributed by atoms with Crippen LogP contribution >= 0.6 is 37.5 Å². The number of rotatable bonds is 6. The minimum atomic E-state index is -4.81. The average molecular weight is 1140 g/mol. The van der Waals surface area contributed by atoms with E-state index in [4.69, 9.17) is 57.7 Å². The zero-order valence-electron chi connectivity index (χ0n) is 40.5. The van der Waals surface area contributed by atoms with Crippen molar-refractivity contribution in [3.63, 3.8) is 0 Å². The molecule has 72 heavy (non-hydrogen) atoms. The molecule has 18 atom stereocenters. The maximum atomic E-state index is 14.6. The van der Waals surface area contributed by atoms with Crippen LogP contribution in [0.25, 0.3) is 0 Å². The van der Waals surface area contributed by atoms with Gasteiger partial charge in [0.15, 0.2) is 16.8 Å². The standard InChI is InChI=1S/C32H40F6O8S2.C16H20BrF3O4/c1-15-5-7-21-17(23(31(33,34)35)39-25-29(21)19(15)9-11-27(3,41-25)43-45-29)13-47-48-14-18-22-8-6-16(2)20-10-12-28(4)42-26(30(20,22)46-44-28)40-24(18)32(36,37)38;1-8-3-4-11-9(7-17)12(16(18,19)20)21-13-15(11)10(8)5-6-14(2,22-13)23-24-15/h15-16,19-22,25-26H,5-14H2,1-4H3;8,10-11,13H,3-7H2,1-2H3/t15-,16-,19?,20?,21+,22+,25-,26-,27+,28+,29-,30-;8-,10?,11+,13-,14+,15-/m11/s1. The average Bonchev–Trinajstić information content (AvgIpc) is 3.79. The van der Waals surface area contributed by atoms with Crippen molar-refractivity contribution in [2.45, 2.75) is 190 Å². The molecule has 0 aromatic heterocycles. The summed E-state index contributed by atoms with van der Waals surface area (Å²) in [6, 6.07) is 0. The molecule has 12 heterocycles. The van der Waals surface area contributed by atoms with E-state index in [1.165, 1.54) is 0 Å². The fourth-order valence-corrected chi connectivity index (χ4v) is 17.9. The molecule has 15 aliphatic rings. The summed E-state index contributed by atoms with van der Waals surface area (Å²) in [7, 11) is 2.12. The van der Waals surface area contributed by atoms with Crippen molar-refractivity contribution in [2.75, 3.05) is 16.8 Å². The second-order valence-electron chi connectivity index (χ2n) is 22.6. The summed E-state index contributed by atoms with van der Waals surface area (Å²) >= 11 is 3.22. The normalized spacial score (nSPS) is 48.2. The first kappa shape index (κ1) is 52.8. The molecule has 0 radical (unpaired) electrons. The van der Waals surface area contributed by atoms with Crippen LogP contribution in [0.15, 0.2) is 34.0 Å². The number of allylic oxidation sites excluding steroid dienone is 3. The number of fused-ring (bicyclic) bond motifs is 6. The van der Waals surface area contributed by atoms with Crippen molar-refractivity contribution in [3.8, 4) is 0 Å². The molecule has 15 rings (SSSR count). The van der Waals surface area contributed by atoms with Gasteiger partial charge in [-0.3, -0.25) is 0 Å². The Hall–Kier alpha value is -1.19. The van der Waals surface area contributed by atoms with E-state index in [1.54, 1.807) is 20.8 Å². The van der Waals surface area contributed by atoms with Crippen molar-refractivity contribution in [1.82, 2.24) is 0 Å². The van der Waals surface area contributed by atoms with Gasteiger partial charge < -0.3 is 28.4 Å². The van der Waals surface area contributed by atoms with Gasteiger partial charge >= 0.3 is 18.5 Å². The summed E-state index contributed by atoms with van der Waals surface area (Å²) in [5.74, 6) is -8.55. The van der Waals surface area contributed by atoms with E-state index in [1.807, 2.05) is 0 Å². The van der Waals surface area contributed by atoms with Crippen molar-refractivity contribution in [2.24, 2.45) is 53.3 Å². The third-order valence-electron chi connectivity index (χ3n) is 18.4. The van der Waals surface area contributed by atoms with Crippen LogP contribution in [-0.4, -0.2) is 88.4 Å². The van der Waals surface area contributed by atoms with Gasteiger partial charge in [-0.25, -0.2) is 29.3 Å². The minimum absolute atomic E-state index is 0.0152. The molecule has 12 nitrogen and oxygen atoms in total. The minimum Gasteiger partial charge on any atom is -0.456 e. The maximum absolute atomic E-state index is 14.6. The summed E-state index contributed by atoms with van der Waals surface area (Å²) < 4.78 is 163. The Balaban J connectivity index is 0.000000195. The van der Waals surface area contributed by atoms with E-state index >= 15 is 0 Å². The number of ether oxygens (including phenoxy) is 6. The Morgan fingerprint density at radius 3 is 1.03 bits per heavy atom. The molecule has 3 spiro atoms. The first-order valence-corrected chi connectivity index (χ1v) is 28.7. The van der Waals surface area contributed by atoms with E-state index in [-0.39, 0.29) is 63.1 Å². The van der Waals surface area contributed by atoms with Crippen LogP contribution in [0.3, 0.4) is 0 Å². The molecular formula is C48H60BrF9O12S2. The molecular weight excluding hydrogens is 1080 g/mol. The Morgan fingerprint density at radius 2 is 0.736 bits per heavy atom. The van der Waals surface area contributed by atoms with Gasteiger partial charge in [-0.2, -0.15) is 39.5 Å². The van der Waals surface area contributed by atoms with Gasteiger partial charge in [0.1, 0.15) is 0 Å². The van der Waals surface area contributed by atoms with Crippen LogP contribution in [0.1, 0.15) is 119 Å². The Kier molecular flexibility index (Phi) is 13.2. The molecule has 0 aromatic carbocycles. The van der Waals surface area contributed by atoms with E-state index in [0.717, 1.165) is 34.4 Å². The summed E-state index contributed by atoms with van der Waals surface area (Å²) in [6.07, 6.45) is -10.7. The number of halogens is 10. The fourth-order valence-electron chi connectivity index (χ4n) is 14.9. The molecule has 3 aliphatic carbocycles. The predicted octanol–water partition coefficient (Wildman–Crippen LogP) is 12.9. The Morgan fingerprint density at radius 1 is 0.444 bits per heavy atom. The zero-order chi connectivity index (χ0) is 51.4. The van der Waals surface area contributed by atoms with Gasteiger partial charge in [0, 0.05) is 71.6 Å². The monoisotopic (exact) mass is 1140 g/mol. The quantitative estimate of drug-likeness (QED) is 0.0827. The molecule has 3 saturated carbocycles. The molecule has 12 aliphatic heterocycles. The van der Waals surface area contributed by atoms with Gasteiger partial charge in [-0.15, -0.1) is 0 Å². The van der Waals surface area contributed by atoms with E-state index in [0.29, 0.717) is 70.1 Å². The topological polar surface area (TPSA) is 111 Å². The summed E-state index contributed by atoms with van der Waals surface area (Å²) in [4.78, 5) is 34.9. The van der Waals surface area contributed by atoms with Gasteiger partial charge in [-0.05, 0) is 113 Å². The molecule has 9 saturated heterocycles. The fraction of sp³-hybridized carbons (Fsp3) is 0.875. The summed E-state index contributed by atoms with van der Waals surface area (Å²) in [5, 5.41) is 0.0860. The van der Waals surface area contributed by atoms with Gasteiger partial charge in [-0.1, -0.05) is 58.3 Å². The highest BCUT2D eigenvalue weighted by Crippen LogP contribution is 2.65. The zero-order valence-corrected chi connectivity index (χ0v) is 43.7. The van der Waals surface area contributed by atoms with E-state index in [2.05, 4.69) is 36.7 Å². The van der Waals surface area contributed by atoms with Crippen LogP contribution in [0.5, 0.6) is 0 Å². The molecule has 6 bridgehead atoms. The van der Waals surface area contributed by atoms with Crippen LogP contribution < -0.4 is 0 Å². The highest BCUT2D eigenvalue weighted by Gasteiger charge is 2.73. The van der Waals surface area contributed by atoms with Crippen molar-refractivity contribution >= 4 is 37.5 Å². The predicted molar refractivity (Wildman–Crippen MR) is 240 cm³/mol. The number of alkyl halides is 10. The molecule has 0 amide bonds. The Bertz CT molecular complexity index is 2150. The largest absolute Gasteiger partial charge is 0.456 e. The second kappa shape index (κ2) is 17.9.